The van der Waals surface area contributed by atoms with Gasteiger partial charge in [0.2, 0.25) is 5.91 Å². The average Bonchev–Trinajstić information content (AvgIpc) is 2.84. The molecule has 4 nitrogen and oxygen atoms in total. The van der Waals surface area contributed by atoms with Crippen LogP contribution in [0.5, 0.6) is 0 Å². The summed E-state index contributed by atoms with van der Waals surface area (Å²) < 4.78 is 8.38. The Morgan fingerprint density at radius 2 is 2.05 bits per heavy atom. The van der Waals surface area contributed by atoms with Gasteiger partial charge in [-0.15, -0.1) is 0 Å². The highest BCUT2D eigenvalue weighted by Crippen LogP contribution is 2.39. The number of amides is 1. The van der Waals surface area contributed by atoms with Crippen LogP contribution in [0.2, 0.25) is 10.0 Å². The number of nitrogens with zero attached hydrogens (tertiary/aromatic N) is 3. The first-order chi connectivity index (χ1) is 9.09. The first-order valence-electron chi connectivity index (χ1n) is 5.65. The van der Waals surface area contributed by atoms with E-state index in [0.717, 1.165) is 24.6 Å². The van der Waals surface area contributed by atoms with Crippen LogP contribution in [0.4, 0.5) is 5.69 Å². The van der Waals surface area contributed by atoms with Gasteiger partial charge in [0.05, 0.1) is 32.3 Å². The van der Waals surface area contributed by atoms with Gasteiger partial charge >= 0.3 is 0 Å². The predicted molar refractivity (Wildman–Crippen MR) is 81.7 cm³/mol. The van der Waals surface area contributed by atoms with Crippen LogP contribution >= 0.6 is 50.9 Å². The Bertz CT molecular complexity index is 663. The van der Waals surface area contributed by atoms with Crippen molar-refractivity contribution in [1.29, 1.82) is 0 Å². The third kappa shape index (κ3) is 2.24. The summed E-state index contributed by atoms with van der Waals surface area (Å²) in [4.78, 5) is 13.8. The number of piperidine rings is 1. The SMILES string of the molecule is O=C1C(Br)CCCN1c1c(Cl)cc(Cl)c2nsnc12. The Balaban J connectivity index is 2.19. The topological polar surface area (TPSA) is 46.1 Å². The van der Waals surface area contributed by atoms with E-state index in [0.29, 0.717) is 33.3 Å². The summed E-state index contributed by atoms with van der Waals surface area (Å²) in [6, 6.07) is 1.62. The van der Waals surface area contributed by atoms with E-state index in [2.05, 4.69) is 24.7 Å². The van der Waals surface area contributed by atoms with E-state index in [4.69, 9.17) is 23.2 Å². The van der Waals surface area contributed by atoms with Crippen LogP contribution < -0.4 is 4.90 Å². The normalized spacial score (nSPS) is 20.3. The van der Waals surface area contributed by atoms with Gasteiger partial charge in [0.1, 0.15) is 11.0 Å². The van der Waals surface area contributed by atoms with Gasteiger partial charge in [0, 0.05) is 6.54 Å². The third-order valence-electron chi connectivity index (χ3n) is 3.06. The molecule has 0 spiro atoms. The summed E-state index contributed by atoms with van der Waals surface area (Å²) >= 11 is 16.8. The minimum Gasteiger partial charge on any atom is -0.308 e. The Hall–Kier alpha value is -0.430. The smallest absolute Gasteiger partial charge is 0.240 e. The van der Waals surface area contributed by atoms with Gasteiger partial charge in [0.15, 0.2) is 0 Å². The number of benzene rings is 1. The number of rotatable bonds is 1. The molecule has 1 atom stereocenters. The van der Waals surface area contributed by atoms with Crippen LogP contribution in [0, 0.1) is 0 Å². The molecule has 0 saturated carbocycles. The fourth-order valence-electron chi connectivity index (χ4n) is 2.17. The minimum atomic E-state index is -0.172. The van der Waals surface area contributed by atoms with Crippen molar-refractivity contribution in [2.45, 2.75) is 17.7 Å². The number of carbonyl (C=O) groups excluding carboxylic acids is 1. The van der Waals surface area contributed by atoms with Gasteiger partial charge in [-0.3, -0.25) is 4.79 Å². The number of alkyl halides is 1. The van der Waals surface area contributed by atoms with E-state index in [1.807, 2.05) is 0 Å². The van der Waals surface area contributed by atoms with Crippen molar-refractivity contribution in [1.82, 2.24) is 8.75 Å². The molecule has 1 amide bonds. The molecule has 2 aromatic rings. The monoisotopic (exact) mass is 379 g/mol. The molecule has 2 heterocycles. The van der Waals surface area contributed by atoms with Crippen molar-refractivity contribution >= 4 is 73.5 Å². The molecule has 1 unspecified atom stereocenters. The molecule has 19 heavy (non-hydrogen) atoms. The summed E-state index contributed by atoms with van der Waals surface area (Å²) in [7, 11) is 0. The Morgan fingerprint density at radius 3 is 2.84 bits per heavy atom. The minimum absolute atomic E-state index is 0.00442. The second-order valence-electron chi connectivity index (χ2n) is 4.25. The molecule has 0 aliphatic carbocycles. The van der Waals surface area contributed by atoms with Gasteiger partial charge in [-0.1, -0.05) is 39.1 Å². The molecule has 1 aliphatic heterocycles. The van der Waals surface area contributed by atoms with Crippen molar-refractivity contribution in [3.05, 3.63) is 16.1 Å². The number of hydrogen-bond acceptors (Lipinski definition) is 4. The highest BCUT2D eigenvalue weighted by Gasteiger charge is 2.31. The van der Waals surface area contributed by atoms with Crippen LogP contribution in [0.1, 0.15) is 12.8 Å². The largest absolute Gasteiger partial charge is 0.308 e. The fraction of sp³-hybridized carbons (Fsp3) is 0.364. The van der Waals surface area contributed by atoms with Crippen LogP contribution in [-0.2, 0) is 4.79 Å². The molecule has 1 saturated heterocycles. The van der Waals surface area contributed by atoms with Crippen LogP contribution in [0.25, 0.3) is 11.0 Å². The van der Waals surface area contributed by atoms with Gasteiger partial charge in [0.25, 0.3) is 0 Å². The maximum absolute atomic E-state index is 12.3. The molecule has 1 aliphatic rings. The van der Waals surface area contributed by atoms with Crippen molar-refractivity contribution in [3.8, 4) is 0 Å². The summed E-state index contributed by atoms with van der Waals surface area (Å²) in [5, 5.41) is 0.887. The number of aromatic nitrogens is 2. The van der Waals surface area contributed by atoms with Crippen LogP contribution in [-0.4, -0.2) is 26.0 Å². The van der Waals surface area contributed by atoms with Crippen molar-refractivity contribution in [3.63, 3.8) is 0 Å². The number of anilines is 1. The molecular formula is C11H8BrCl2N3OS. The zero-order valence-corrected chi connectivity index (χ0v) is 13.5. The van der Waals surface area contributed by atoms with Gasteiger partial charge in [-0.25, -0.2) is 0 Å². The molecule has 100 valence electrons. The molecule has 3 rings (SSSR count). The standard InChI is InChI=1S/C11H8BrCl2N3OS/c12-5-2-1-3-17(11(5)18)10-7(14)4-6(13)8-9(10)16-19-15-8/h4-5H,1-3H2. The Labute approximate surface area is 132 Å². The van der Waals surface area contributed by atoms with E-state index in [1.165, 1.54) is 0 Å². The highest BCUT2D eigenvalue weighted by molar-refractivity contribution is 9.10. The van der Waals surface area contributed by atoms with Crippen LogP contribution in [0.3, 0.4) is 0 Å². The maximum Gasteiger partial charge on any atom is 0.240 e. The second-order valence-corrected chi connectivity index (χ2v) is 6.70. The third-order valence-corrected chi connectivity index (χ3v) is 5.02. The molecule has 0 bridgehead atoms. The zero-order valence-electron chi connectivity index (χ0n) is 9.57. The summed E-state index contributed by atoms with van der Waals surface area (Å²) in [5.41, 5.74) is 1.80. The number of hydrogen-bond donors (Lipinski definition) is 0. The first kappa shape index (κ1) is 13.5. The Morgan fingerprint density at radius 1 is 1.32 bits per heavy atom. The molecule has 0 radical (unpaired) electrons. The van der Waals surface area contributed by atoms with Gasteiger partial charge < -0.3 is 4.90 Å². The summed E-state index contributed by atoms with van der Waals surface area (Å²) in [6.45, 7) is 0.634. The van der Waals surface area contributed by atoms with E-state index >= 15 is 0 Å². The lowest BCUT2D eigenvalue weighted by atomic mass is 10.1. The van der Waals surface area contributed by atoms with E-state index in [1.54, 1.807) is 11.0 Å². The Kier molecular flexibility index (Phi) is 3.68. The second kappa shape index (κ2) is 5.16. The number of halogens is 3. The van der Waals surface area contributed by atoms with Gasteiger partial charge in [-0.05, 0) is 18.9 Å². The number of fused-ring (bicyclic) bond motifs is 1. The molecule has 1 fully saturated rings. The molecule has 8 heteroatoms. The van der Waals surface area contributed by atoms with Gasteiger partial charge in [-0.2, -0.15) is 8.75 Å². The van der Waals surface area contributed by atoms with E-state index < -0.39 is 0 Å². The molecule has 0 N–H and O–H groups in total. The highest BCUT2D eigenvalue weighted by atomic mass is 79.9. The lowest BCUT2D eigenvalue weighted by Crippen LogP contribution is -2.42. The maximum atomic E-state index is 12.3. The summed E-state index contributed by atoms with van der Waals surface area (Å²) in [6.07, 6.45) is 1.75. The quantitative estimate of drug-likeness (QED) is 0.705. The first-order valence-corrected chi connectivity index (χ1v) is 8.05. The van der Waals surface area contributed by atoms with Crippen LogP contribution in [0.15, 0.2) is 6.07 Å². The molecule has 1 aromatic carbocycles. The van der Waals surface area contributed by atoms with E-state index in [9.17, 15) is 4.79 Å². The van der Waals surface area contributed by atoms with E-state index in [-0.39, 0.29) is 10.7 Å². The lowest BCUT2D eigenvalue weighted by molar-refractivity contribution is -0.118. The zero-order chi connectivity index (χ0) is 13.6. The van der Waals surface area contributed by atoms with Crippen molar-refractivity contribution in [2.75, 3.05) is 11.4 Å². The predicted octanol–water partition coefficient (Wildman–Crippen LogP) is 3.89. The van der Waals surface area contributed by atoms with Crippen molar-refractivity contribution in [2.24, 2.45) is 0 Å². The van der Waals surface area contributed by atoms with Crippen molar-refractivity contribution < 1.29 is 4.79 Å². The molecule has 1 aromatic heterocycles. The number of carbonyl (C=O) groups is 1. The fourth-order valence-corrected chi connectivity index (χ4v) is 3.95. The summed E-state index contributed by atoms with van der Waals surface area (Å²) in [5.74, 6) is 0.00442. The molecular weight excluding hydrogens is 373 g/mol. The average molecular weight is 381 g/mol. The lowest BCUT2D eigenvalue weighted by Gasteiger charge is -2.30.